The maximum absolute atomic E-state index is 11.7. The molecule has 1 aliphatic heterocycles. The molecule has 2 amide bonds. The molecule has 0 unspecified atom stereocenters. The Morgan fingerprint density at radius 3 is 2.53 bits per heavy atom. The SMILES string of the molecule is CN1CCN(C(=O)CC(C)(C)N)CC1=O. The maximum Gasteiger partial charge on any atom is 0.241 e. The van der Waals surface area contributed by atoms with Crippen molar-refractivity contribution in [1.29, 1.82) is 0 Å². The molecule has 5 heteroatoms. The van der Waals surface area contributed by atoms with Crippen LogP contribution in [0.1, 0.15) is 20.3 Å². The Balaban J connectivity index is 2.52. The standard InChI is InChI=1S/C10H19N3O2/c1-10(2,11)6-8(14)13-5-4-12(3)9(15)7-13/h4-7,11H2,1-3H3. The molecule has 1 fully saturated rings. The fourth-order valence-corrected chi connectivity index (χ4v) is 1.47. The highest BCUT2D eigenvalue weighted by molar-refractivity contribution is 5.86. The van der Waals surface area contributed by atoms with Gasteiger partial charge >= 0.3 is 0 Å². The molecule has 0 aromatic carbocycles. The number of nitrogens with zero attached hydrogens (tertiary/aromatic N) is 2. The molecule has 0 aromatic rings. The van der Waals surface area contributed by atoms with Crippen LogP contribution in [0.15, 0.2) is 0 Å². The Hall–Kier alpha value is -1.10. The van der Waals surface area contributed by atoms with E-state index < -0.39 is 5.54 Å². The van der Waals surface area contributed by atoms with Gasteiger partial charge in [-0.2, -0.15) is 0 Å². The van der Waals surface area contributed by atoms with Crippen molar-refractivity contribution in [3.63, 3.8) is 0 Å². The van der Waals surface area contributed by atoms with Crippen LogP contribution in [0.25, 0.3) is 0 Å². The molecule has 0 aliphatic carbocycles. The molecule has 1 saturated heterocycles. The van der Waals surface area contributed by atoms with Gasteiger partial charge in [-0.15, -0.1) is 0 Å². The number of hydrogen-bond acceptors (Lipinski definition) is 3. The zero-order chi connectivity index (χ0) is 11.6. The molecule has 15 heavy (non-hydrogen) atoms. The second-order valence-electron chi connectivity index (χ2n) is 4.80. The molecule has 0 spiro atoms. The largest absolute Gasteiger partial charge is 0.342 e. The molecule has 0 bridgehead atoms. The van der Waals surface area contributed by atoms with E-state index in [0.29, 0.717) is 13.1 Å². The number of carbonyl (C=O) groups is 2. The van der Waals surface area contributed by atoms with E-state index in [-0.39, 0.29) is 24.8 Å². The highest BCUT2D eigenvalue weighted by Crippen LogP contribution is 2.09. The number of amides is 2. The Morgan fingerprint density at radius 2 is 2.07 bits per heavy atom. The Bertz CT molecular complexity index is 270. The van der Waals surface area contributed by atoms with Gasteiger partial charge in [-0.1, -0.05) is 0 Å². The first-order chi connectivity index (χ1) is 6.79. The fourth-order valence-electron chi connectivity index (χ4n) is 1.47. The van der Waals surface area contributed by atoms with Crippen LogP contribution in [0.3, 0.4) is 0 Å². The highest BCUT2D eigenvalue weighted by atomic mass is 16.2. The van der Waals surface area contributed by atoms with Gasteiger partial charge in [0.2, 0.25) is 11.8 Å². The third-order valence-electron chi connectivity index (χ3n) is 2.42. The van der Waals surface area contributed by atoms with Gasteiger partial charge in [0.25, 0.3) is 0 Å². The van der Waals surface area contributed by atoms with Gasteiger partial charge in [0.05, 0.1) is 6.54 Å². The third kappa shape index (κ3) is 3.51. The molecular weight excluding hydrogens is 194 g/mol. The van der Waals surface area contributed by atoms with Crippen molar-refractivity contribution in [3.8, 4) is 0 Å². The lowest BCUT2D eigenvalue weighted by molar-refractivity contribution is -0.144. The quantitative estimate of drug-likeness (QED) is 0.667. The second-order valence-corrected chi connectivity index (χ2v) is 4.80. The van der Waals surface area contributed by atoms with Gasteiger partial charge in [-0.3, -0.25) is 9.59 Å². The van der Waals surface area contributed by atoms with Gasteiger partial charge in [0.15, 0.2) is 0 Å². The molecule has 0 saturated carbocycles. The first-order valence-corrected chi connectivity index (χ1v) is 5.10. The Kier molecular flexibility index (Phi) is 3.34. The first-order valence-electron chi connectivity index (χ1n) is 5.10. The summed E-state index contributed by atoms with van der Waals surface area (Å²) in [6, 6.07) is 0. The summed E-state index contributed by atoms with van der Waals surface area (Å²) in [7, 11) is 1.75. The van der Waals surface area contributed by atoms with Crippen LogP contribution in [-0.4, -0.2) is 53.8 Å². The summed E-state index contributed by atoms with van der Waals surface area (Å²) in [4.78, 5) is 26.3. The van der Waals surface area contributed by atoms with E-state index in [2.05, 4.69) is 0 Å². The predicted octanol–water partition coefficient (Wildman–Crippen LogP) is -0.586. The van der Waals surface area contributed by atoms with Crippen molar-refractivity contribution >= 4 is 11.8 Å². The number of nitrogens with two attached hydrogens (primary N) is 1. The van der Waals surface area contributed by atoms with E-state index in [0.717, 1.165) is 0 Å². The molecule has 5 nitrogen and oxygen atoms in total. The summed E-state index contributed by atoms with van der Waals surface area (Å²) < 4.78 is 0. The lowest BCUT2D eigenvalue weighted by atomic mass is 10.0. The fraction of sp³-hybridized carbons (Fsp3) is 0.800. The molecule has 1 heterocycles. The topological polar surface area (TPSA) is 66.6 Å². The van der Waals surface area contributed by atoms with Crippen LogP contribution >= 0.6 is 0 Å². The lowest BCUT2D eigenvalue weighted by Gasteiger charge is -2.33. The van der Waals surface area contributed by atoms with E-state index in [1.165, 1.54) is 0 Å². The van der Waals surface area contributed by atoms with Crippen LogP contribution in [0.5, 0.6) is 0 Å². The lowest BCUT2D eigenvalue weighted by Crippen LogP contribution is -2.52. The van der Waals surface area contributed by atoms with Gasteiger partial charge in [0, 0.05) is 32.1 Å². The average Bonchev–Trinajstić information content (AvgIpc) is 2.06. The van der Waals surface area contributed by atoms with Crippen LogP contribution in [0, 0.1) is 0 Å². The highest BCUT2D eigenvalue weighted by Gasteiger charge is 2.27. The van der Waals surface area contributed by atoms with Crippen LogP contribution in [0.2, 0.25) is 0 Å². The third-order valence-corrected chi connectivity index (χ3v) is 2.42. The minimum atomic E-state index is -0.510. The van der Waals surface area contributed by atoms with Gasteiger partial charge < -0.3 is 15.5 Å². The van der Waals surface area contributed by atoms with Gasteiger partial charge in [-0.25, -0.2) is 0 Å². The smallest absolute Gasteiger partial charge is 0.241 e. The van der Waals surface area contributed by atoms with Crippen molar-refractivity contribution in [3.05, 3.63) is 0 Å². The van der Waals surface area contributed by atoms with Crippen molar-refractivity contribution in [2.45, 2.75) is 25.8 Å². The summed E-state index contributed by atoms with van der Waals surface area (Å²) in [6.45, 7) is 5.02. The normalized spacial score (nSPS) is 18.3. The number of carbonyl (C=O) groups excluding carboxylic acids is 2. The Morgan fingerprint density at radius 1 is 1.47 bits per heavy atom. The van der Waals surface area contributed by atoms with Crippen LogP contribution in [0.4, 0.5) is 0 Å². The summed E-state index contributed by atoms with van der Waals surface area (Å²) in [6.07, 6.45) is 0.282. The van der Waals surface area contributed by atoms with Crippen LogP contribution in [-0.2, 0) is 9.59 Å². The summed E-state index contributed by atoms with van der Waals surface area (Å²) in [5.74, 6) is -0.0478. The minimum absolute atomic E-state index is 0.00979. The number of rotatable bonds is 2. The number of piperazine rings is 1. The Labute approximate surface area is 90.2 Å². The van der Waals surface area contributed by atoms with E-state index in [4.69, 9.17) is 5.73 Å². The molecule has 0 atom stereocenters. The van der Waals surface area contributed by atoms with Gasteiger partial charge in [-0.05, 0) is 13.8 Å². The molecule has 0 aromatic heterocycles. The van der Waals surface area contributed by atoms with Crippen molar-refractivity contribution in [1.82, 2.24) is 9.80 Å². The van der Waals surface area contributed by atoms with Crippen molar-refractivity contribution < 1.29 is 9.59 Å². The number of hydrogen-bond donors (Lipinski definition) is 1. The molecule has 2 N–H and O–H groups in total. The van der Waals surface area contributed by atoms with E-state index in [1.807, 2.05) is 13.8 Å². The summed E-state index contributed by atoms with van der Waals surface area (Å²) in [5, 5.41) is 0. The monoisotopic (exact) mass is 213 g/mol. The zero-order valence-corrected chi connectivity index (χ0v) is 9.62. The first kappa shape index (κ1) is 12.0. The minimum Gasteiger partial charge on any atom is -0.342 e. The predicted molar refractivity (Wildman–Crippen MR) is 57.1 cm³/mol. The maximum atomic E-state index is 11.7. The average molecular weight is 213 g/mol. The van der Waals surface area contributed by atoms with E-state index in [9.17, 15) is 9.59 Å². The summed E-state index contributed by atoms with van der Waals surface area (Å²) >= 11 is 0. The van der Waals surface area contributed by atoms with Crippen molar-refractivity contribution in [2.24, 2.45) is 5.73 Å². The molecule has 1 aliphatic rings. The molecule has 86 valence electrons. The number of likely N-dealkylation sites (N-methyl/N-ethyl adjacent to an activating group) is 1. The summed E-state index contributed by atoms with van der Waals surface area (Å²) in [5.41, 5.74) is 5.25. The van der Waals surface area contributed by atoms with E-state index >= 15 is 0 Å². The zero-order valence-electron chi connectivity index (χ0n) is 9.62. The van der Waals surface area contributed by atoms with Gasteiger partial charge in [0.1, 0.15) is 0 Å². The van der Waals surface area contributed by atoms with E-state index in [1.54, 1.807) is 16.8 Å². The van der Waals surface area contributed by atoms with Crippen LogP contribution < -0.4 is 5.73 Å². The molecular formula is C10H19N3O2. The molecule has 0 radical (unpaired) electrons. The second kappa shape index (κ2) is 4.18. The van der Waals surface area contributed by atoms with Crippen molar-refractivity contribution in [2.75, 3.05) is 26.7 Å². The molecule has 1 rings (SSSR count).